The van der Waals surface area contributed by atoms with Gasteiger partial charge in [-0.3, -0.25) is 9.59 Å². The van der Waals surface area contributed by atoms with Gasteiger partial charge in [0.1, 0.15) is 5.82 Å². The molecule has 0 aromatic heterocycles. The molecule has 4 nitrogen and oxygen atoms in total. The van der Waals surface area contributed by atoms with Crippen molar-refractivity contribution in [2.75, 3.05) is 13.1 Å². The summed E-state index contributed by atoms with van der Waals surface area (Å²) in [6.45, 7) is 0.964. The summed E-state index contributed by atoms with van der Waals surface area (Å²) >= 11 is 0. The molecular formula is C22H23FN2O2. The van der Waals surface area contributed by atoms with Crippen LogP contribution in [-0.4, -0.2) is 35.8 Å². The van der Waals surface area contributed by atoms with E-state index in [0.29, 0.717) is 24.7 Å². The Morgan fingerprint density at radius 2 is 1.67 bits per heavy atom. The van der Waals surface area contributed by atoms with Gasteiger partial charge in [-0.2, -0.15) is 0 Å². The highest BCUT2D eigenvalue weighted by molar-refractivity contribution is 5.94. The second kappa shape index (κ2) is 7.51. The van der Waals surface area contributed by atoms with Gasteiger partial charge < -0.3 is 10.2 Å². The van der Waals surface area contributed by atoms with Gasteiger partial charge in [-0.15, -0.1) is 0 Å². The van der Waals surface area contributed by atoms with Crippen molar-refractivity contribution in [3.05, 3.63) is 71.5 Å². The second-order valence-corrected chi connectivity index (χ2v) is 7.54. The molecule has 5 heteroatoms. The van der Waals surface area contributed by atoms with E-state index in [1.165, 1.54) is 24.3 Å². The fraction of sp³-hybridized carbons (Fsp3) is 0.364. The summed E-state index contributed by atoms with van der Waals surface area (Å²) in [5, 5.41) is 3.08. The average molecular weight is 366 g/mol. The molecule has 0 radical (unpaired) electrons. The van der Waals surface area contributed by atoms with E-state index in [2.05, 4.69) is 5.32 Å². The van der Waals surface area contributed by atoms with Crippen LogP contribution >= 0.6 is 0 Å². The minimum Gasteiger partial charge on any atom is -0.353 e. The monoisotopic (exact) mass is 366 g/mol. The van der Waals surface area contributed by atoms with E-state index in [1.54, 1.807) is 4.90 Å². The third-order valence-corrected chi connectivity index (χ3v) is 5.39. The van der Waals surface area contributed by atoms with Gasteiger partial charge in [0, 0.05) is 30.6 Å². The summed E-state index contributed by atoms with van der Waals surface area (Å²) in [6, 6.07) is 15.9. The van der Waals surface area contributed by atoms with E-state index in [9.17, 15) is 14.0 Å². The highest BCUT2D eigenvalue weighted by Gasteiger charge is 2.36. The molecule has 0 unspecified atom stereocenters. The topological polar surface area (TPSA) is 49.4 Å². The largest absolute Gasteiger partial charge is 0.353 e. The van der Waals surface area contributed by atoms with Crippen LogP contribution in [0.2, 0.25) is 0 Å². The Bertz CT molecular complexity index is 818. The summed E-state index contributed by atoms with van der Waals surface area (Å²) in [7, 11) is 0. The Kier molecular flexibility index (Phi) is 4.92. The molecule has 1 saturated heterocycles. The smallest absolute Gasteiger partial charge is 0.253 e. The Morgan fingerprint density at radius 3 is 2.33 bits per heavy atom. The van der Waals surface area contributed by atoms with Crippen LogP contribution in [0.4, 0.5) is 4.39 Å². The summed E-state index contributed by atoms with van der Waals surface area (Å²) < 4.78 is 13.2. The number of hydrogen-bond acceptors (Lipinski definition) is 2. The maximum atomic E-state index is 13.2. The van der Waals surface area contributed by atoms with Crippen LogP contribution in [0.3, 0.4) is 0 Å². The van der Waals surface area contributed by atoms with E-state index in [4.69, 9.17) is 0 Å². The number of rotatable bonds is 4. The van der Waals surface area contributed by atoms with Crippen LogP contribution < -0.4 is 5.32 Å². The van der Waals surface area contributed by atoms with Gasteiger partial charge in [0.2, 0.25) is 5.91 Å². The maximum Gasteiger partial charge on any atom is 0.253 e. The molecule has 1 aliphatic heterocycles. The van der Waals surface area contributed by atoms with Gasteiger partial charge in [-0.1, -0.05) is 30.3 Å². The number of amides is 2. The SMILES string of the molecule is O=C(NC1CC1)[C@H]1C[C@H](c2ccccc2)CN(C(=O)c2ccc(F)cc2)C1. The zero-order chi connectivity index (χ0) is 18.8. The highest BCUT2D eigenvalue weighted by atomic mass is 19.1. The molecule has 2 atom stereocenters. The Morgan fingerprint density at radius 1 is 0.963 bits per heavy atom. The van der Waals surface area contributed by atoms with Crippen molar-refractivity contribution < 1.29 is 14.0 Å². The fourth-order valence-corrected chi connectivity index (χ4v) is 3.74. The van der Waals surface area contributed by atoms with Crippen molar-refractivity contribution in [2.45, 2.75) is 31.2 Å². The molecular weight excluding hydrogens is 343 g/mol. The molecule has 2 aromatic rings. The van der Waals surface area contributed by atoms with Crippen LogP contribution in [0.1, 0.15) is 41.1 Å². The molecule has 0 bridgehead atoms. The van der Waals surface area contributed by atoms with E-state index >= 15 is 0 Å². The van der Waals surface area contributed by atoms with E-state index in [0.717, 1.165) is 24.8 Å². The number of halogens is 1. The number of benzene rings is 2. The minimum atomic E-state index is -0.367. The lowest BCUT2D eigenvalue weighted by atomic mass is 9.83. The molecule has 1 heterocycles. The molecule has 0 spiro atoms. The van der Waals surface area contributed by atoms with E-state index in [-0.39, 0.29) is 29.5 Å². The van der Waals surface area contributed by atoms with Crippen LogP contribution in [0, 0.1) is 11.7 Å². The zero-order valence-corrected chi connectivity index (χ0v) is 15.1. The second-order valence-electron chi connectivity index (χ2n) is 7.54. The summed E-state index contributed by atoms with van der Waals surface area (Å²) in [4.78, 5) is 27.4. The summed E-state index contributed by atoms with van der Waals surface area (Å²) in [6.07, 6.45) is 2.81. The molecule has 140 valence electrons. The van der Waals surface area contributed by atoms with E-state index < -0.39 is 0 Å². The Hall–Kier alpha value is -2.69. The lowest BCUT2D eigenvalue weighted by Gasteiger charge is -2.37. The first-order valence-electron chi connectivity index (χ1n) is 9.50. The maximum absolute atomic E-state index is 13.2. The predicted octanol–water partition coefficient (Wildman–Crippen LogP) is 3.35. The normalized spacial score (nSPS) is 22.3. The number of nitrogens with zero attached hydrogens (tertiary/aromatic N) is 1. The third-order valence-electron chi connectivity index (χ3n) is 5.39. The number of carbonyl (C=O) groups excluding carboxylic acids is 2. The average Bonchev–Trinajstić information content (AvgIpc) is 3.52. The highest BCUT2D eigenvalue weighted by Crippen LogP contribution is 2.32. The molecule has 27 heavy (non-hydrogen) atoms. The predicted molar refractivity (Wildman–Crippen MR) is 101 cm³/mol. The van der Waals surface area contributed by atoms with Crippen molar-refractivity contribution in [2.24, 2.45) is 5.92 Å². The van der Waals surface area contributed by atoms with Gasteiger partial charge in [-0.25, -0.2) is 4.39 Å². The molecule has 4 rings (SSSR count). The van der Waals surface area contributed by atoms with Gasteiger partial charge in [0.05, 0.1) is 5.92 Å². The molecule has 2 aliphatic rings. The number of piperidine rings is 1. The standard InChI is InChI=1S/C22H23FN2O2/c23-19-8-6-16(7-9-19)22(27)25-13-17(15-4-2-1-3-5-15)12-18(14-25)21(26)24-20-10-11-20/h1-9,17-18,20H,10-14H2,(H,24,26)/t17-,18-/m0/s1. The van der Waals surface area contributed by atoms with Gasteiger partial charge in [0.25, 0.3) is 5.91 Å². The van der Waals surface area contributed by atoms with E-state index in [1.807, 2.05) is 30.3 Å². The zero-order valence-electron chi connectivity index (χ0n) is 15.1. The van der Waals surface area contributed by atoms with Crippen molar-refractivity contribution in [3.8, 4) is 0 Å². The quantitative estimate of drug-likeness (QED) is 0.902. The first-order valence-corrected chi connectivity index (χ1v) is 9.50. The molecule has 1 saturated carbocycles. The molecule has 2 aromatic carbocycles. The van der Waals surface area contributed by atoms with Crippen molar-refractivity contribution in [3.63, 3.8) is 0 Å². The van der Waals surface area contributed by atoms with Gasteiger partial charge >= 0.3 is 0 Å². The van der Waals surface area contributed by atoms with Crippen molar-refractivity contribution in [1.82, 2.24) is 10.2 Å². The third kappa shape index (κ3) is 4.18. The summed E-state index contributed by atoms with van der Waals surface area (Å²) in [5.74, 6) is -0.600. The number of nitrogens with one attached hydrogen (secondary N) is 1. The fourth-order valence-electron chi connectivity index (χ4n) is 3.74. The molecule has 1 N–H and O–H groups in total. The lowest BCUT2D eigenvalue weighted by Crippen LogP contribution is -2.48. The first kappa shape index (κ1) is 17.7. The van der Waals surface area contributed by atoms with Crippen LogP contribution in [0.25, 0.3) is 0 Å². The van der Waals surface area contributed by atoms with Crippen molar-refractivity contribution >= 4 is 11.8 Å². The number of hydrogen-bond donors (Lipinski definition) is 1. The van der Waals surface area contributed by atoms with Crippen LogP contribution in [-0.2, 0) is 4.79 Å². The minimum absolute atomic E-state index is 0.0371. The summed E-state index contributed by atoms with van der Waals surface area (Å²) in [5.41, 5.74) is 1.59. The van der Waals surface area contributed by atoms with Crippen LogP contribution in [0.5, 0.6) is 0 Å². The number of carbonyl (C=O) groups is 2. The first-order chi connectivity index (χ1) is 13.1. The molecule has 1 aliphatic carbocycles. The van der Waals surface area contributed by atoms with Crippen molar-refractivity contribution in [1.29, 1.82) is 0 Å². The van der Waals surface area contributed by atoms with Gasteiger partial charge in [-0.05, 0) is 49.1 Å². The molecule has 2 amide bonds. The van der Waals surface area contributed by atoms with Gasteiger partial charge in [0.15, 0.2) is 0 Å². The lowest BCUT2D eigenvalue weighted by molar-refractivity contribution is -0.126. The Labute approximate surface area is 158 Å². The van der Waals surface area contributed by atoms with Crippen LogP contribution in [0.15, 0.2) is 54.6 Å². The Balaban J connectivity index is 1.56. The number of likely N-dealkylation sites (tertiary alicyclic amines) is 1. The molecule has 2 fully saturated rings.